The fourth-order valence-corrected chi connectivity index (χ4v) is 5.03. The number of ether oxygens (including phenoxy) is 1. The van der Waals surface area contributed by atoms with Gasteiger partial charge in [-0.15, -0.1) is 0 Å². The maximum absolute atomic E-state index is 12.8. The SMILES string of the molecule is CCCCCCCc1ccc(C2CCC(C(=O)Oc3ccc(CCCC)cc3C#N)CC2)cc1. The van der Waals surface area contributed by atoms with Crippen molar-refractivity contribution < 1.29 is 9.53 Å². The van der Waals surface area contributed by atoms with E-state index < -0.39 is 0 Å². The smallest absolute Gasteiger partial charge is 0.314 e. The van der Waals surface area contributed by atoms with Crippen molar-refractivity contribution in [1.29, 1.82) is 5.26 Å². The monoisotopic (exact) mass is 459 g/mol. The fraction of sp³-hybridized carbons (Fsp3) is 0.548. The molecule has 0 amide bonds. The second-order valence-electron chi connectivity index (χ2n) is 9.92. The number of benzene rings is 2. The maximum Gasteiger partial charge on any atom is 0.314 e. The van der Waals surface area contributed by atoms with E-state index in [4.69, 9.17) is 4.74 Å². The van der Waals surface area contributed by atoms with Gasteiger partial charge in [-0.2, -0.15) is 5.26 Å². The lowest BCUT2D eigenvalue weighted by molar-refractivity contribution is -0.140. The van der Waals surface area contributed by atoms with Crippen LogP contribution in [0.5, 0.6) is 5.75 Å². The minimum Gasteiger partial charge on any atom is -0.425 e. The third kappa shape index (κ3) is 7.73. The van der Waals surface area contributed by atoms with Gasteiger partial charge in [-0.05, 0) is 86.1 Å². The van der Waals surface area contributed by atoms with E-state index >= 15 is 0 Å². The van der Waals surface area contributed by atoms with E-state index in [9.17, 15) is 10.1 Å². The molecule has 3 rings (SSSR count). The van der Waals surface area contributed by atoms with Crippen LogP contribution in [0.1, 0.15) is 113 Å². The standard InChI is InChI=1S/C31H41NO2/c1-3-5-7-8-9-11-24-12-15-26(16-13-24)27-17-19-28(20-18-27)31(33)34-30-21-14-25(10-6-4-2)22-29(30)23-32/h12-16,21-22,27-28H,3-11,17-20H2,1-2H3. The van der Waals surface area contributed by atoms with Crippen LogP contribution in [0.3, 0.4) is 0 Å². The summed E-state index contributed by atoms with van der Waals surface area (Å²) in [5, 5.41) is 9.51. The van der Waals surface area contributed by atoms with Gasteiger partial charge in [-0.3, -0.25) is 4.79 Å². The highest BCUT2D eigenvalue weighted by atomic mass is 16.5. The Morgan fingerprint density at radius 2 is 1.50 bits per heavy atom. The van der Waals surface area contributed by atoms with Gasteiger partial charge in [0.05, 0.1) is 11.5 Å². The number of nitriles is 1. The highest BCUT2D eigenvalue weighted by Crippen LogP contribution is 2.37. The average molecular weight is 460 g/mol. The molecule has 34 heavy (non-hydrogen) atoms. The second kappa shape index (κ2) is 14.0. The van der Waals surface area contributed by atoms with Crippen molar-refractivity contribution in [2.45, 2.75) is 103 Å². The molecule has 182 valence electrons. The normalized spacial score (nSPS) is 17.8. The molecule has 0 spiro atoms. The average Bonchev–Trinajstić information content (AvgIpc) is 2.88. The van der Waals surface area contributed by atoms with Crippen molar-refractivity contribution in [3.8, 4) is 11.8 Å². The number of hydrogen-bond acceptors (Lipinski definition) is 3. The largest absolute Gasteiger partial charge is 0.425 e. The second-order valence-corrected chi connectivity index (χ2v) is 9.92. The molecule has 3 heteroatoms. The van der Waals surface area contributed by atoms with Crippen LogP contribution < -0.4 is 4.74 Å². The van der Waals surface area contributed by atoms with Crippen LogP contribution >= 0.6 is 0 Å². The lowest BCUT2D eigenvalue weighted by atomic mass is 9.78. The number of carbonyl (C=O) groups excluding carboxylic acids is 1. The van der Waals surface area contributed by atoms with Gasteiger partial charge in [0.2, 0.25) is 0 Å². The molecular formula is C31H41NO2. The molecule has 3 nitrogen and oxygen atoms in total. The van der Waals surface area contributed by atoms with Crippen molar-refractivity contribution in [3.63, 3.8) is 0 Å². The summed E-state index contributed by atoms with van der Waals surface area (Å²) in [6, 6.07) is 17.0. The zero-order valence-electron chi connectivity index (χ0n) is 21.2. The van der Waals surface area contributed by atoms with Crippen molar-refractivity contribution in [2.24, 2.45) is 5.92 Å². The Morgan fingerprint density at radius 1 is 0.853 bits per heavy atom. The Kier molecular flexibility index (Phi) is 10.7. The topological polar surface area (TPSA) is 50.1 Å². The van der Waals surface area contributed by atoms with Crippen molar-refractivity contribution in [2.75, 3.05) is 0 Å². The number of esters is 1. The van der Waals surface area contributed by atoms with Gasteiger partial charge in [0.1, 0.15) is 11.8 Å². The van der Waals surface area contributed by atoms with Gasteiger partial charge in [0.15, 0.2) is 0 Å². The molecule has 0 heterocycles. The summed E-state index contributed by atoms with van der Waals surface area (Å²) in [6.45, 7) is 4.41. The van der Waals surface area contributed by atoms with Gasteiger partial charge in [-0.1, -0.05) is 76.3 Å². The quantitative estimate of drug-likeness (QED) is 0.182. The van der Waals surface area contributed by atoms with E-state index in [0.29, 0.717) is 17.2 Å². The van der Waals surface area contributed by atoms with Gasteiger partial charge >= 0.3 is 5.97 Å². The van der Waals surface area contributed by atoms with Crippen LogP contribution in [0.15, 0.2) is 42.5 Å². The van der Waals surface area contributed by atoms with Crippen LogP contribution in [-0.4, -0.2) is 5.97 Å². The van der Waals surface area contributed by atoms with Crippen LogP contribution in [0, 0.1) is 17.2 Å². The predicted octanol–water partition coefficient (Wildman–Crippen LogP) is 8.29. The summed E-state index contributed by atoms with van der Waals surface area (Å²) < 4.78 is 5.69. The van der Waals surface area contributed by atoms with Crippen LogP contribution in [0.25, 0.3) is 0 Å². The van der Waals surface area contributed by atoms with E-state index in [1.165, 1.54) is 49.7 Å². The summed E-state index contributed by atoms with van der Waals surface area (Å²) in [6.07, 6.45) is 14.6. The molecule has 0 aliphatic heterocycles. The Balaban J connectivity index is 1.47. The summed E-state index contributed by atoms with van der Waals surface area (Å²) in [4.78, 5) is 12.8. The van der Waals surface area contributed by atoms with Gasteiger partial charge in [0.25, 0.3) is 0 Å². The predicted molar refractivity (Wildman–Crippen MR) is 139 cm³/mol. The first kappa shape index (κ1) is 26.0. The number of carbonyl (C=O) groups is 1. The minimum absolute atomic E-state index is 0.0787. The molecule has 0 N–H and O–H groups in total. The van der Waals surface area contributed by atoms with Gasteiger partial charge in [-0.25, -0.2) is 0 Å². The Hall–Kier alpha value is -2.60. The molecule has 1 aliphatic rings. The van der Waals surface area contributed by atoms with E-state index in [0.717, 1.165) is 50.5 Å². The summed E-state index contributed by atoms with van der Waals surface area (Å²) in [7, 11) is 0. The van der Waals surface area contributed by atoms with E-state index in [1.54, 1.807) is 6.07 Å². The molecule has 0 saturated heterocycles. The molecule has 0 unspecified atom stereocenters. The zero-order valence-corrected chi connectivity index (χ0v) is 21.2. The summed E-state index contributed by atoms with van der Waals surface area (Å²) in [5.74, 6) is 0.662. The molecule has 1 aliphatic carbocycles. The molecule has 2 aromatic carbocycles. The zero-order chi connectivity index (χ0) is 24.2. The first-order valence-electron chi connectivity index (χ1n) is 13.5. The molecular weight excluding hydrogens is 418 g/mol. The Bertz CT molecular complexity index is 933. The summed E-state index contributed by atoms with van der Waals surface area (Å²) >= 11 is 0. The van der Waals surface area contributed by atoms with Crippen molar-refractivity contribution in [3.05, 3.63) is 64.7 Å². The van der Waals surface area contributed by atoms with E-state index in [2.05, 4.69) is 44.2 Å². The van der Waals surface area contributed by atoms with Crippen LogP contribution in [0.4, 0.5) is 0 Å². The number of hydrogen-bond donors (Lipinski definition) is 0. The number of nitrogens with zero attached hydrogens (tertiary/aromatic N) is 1. The van der Waals surface area contributed by atoms with Gasteiger partial charge in [0, 0.05) is 0 Å². The molecule has 0 atom stereocenters. The highest BCUT2D eigenvalue weighted by molar-refractivity contribution is 5.76. The number of unbranched alkanes of at least 4 members (excludes halogenated alkanes) is 5. The lowest BCUT2D eigenvalue weighted by Gasteiger charge is -2.27. The van der Waals surface area contributed by atoms with E-state index in [-0.39, 0.29) is 11.9 Å². The van der Waals surface area contributed by atoms with Gasteiger partial charge < -0.3 is 4.74 Å². The minimum atomic E-state index is -0.185. The third-order valence-corrected chi connectivity index (χ3v) is 7.27. The number of aryl methyl sites for hydroxylation is 2. The van der Waals surface area contributed by atoms with E-state index in [1.807, 2.05) is 12.1 Å². The molecule has 2 aromatic rings. The fourth-order valence-electron chi connectivity index (χ4n) is 5.03. The molecule has 1 saturated carbocycles. The molecule has 0 bridgehead atoms. The third-order valence-electron chi connectivity index (χ3n) is 7.27. The van der Waals surface area contributed by atoms with Crippen molar-refractivity contribution >= 4 is 5.97 Å². The lowest BCUT2D eigenvalue weighted by Crippen LogP contribution is -2.25. The maximum atomic E-state index is 12.8. The van der Waals surface area contributed by atoms with Crippen molar-refractivity contribution in [1.82, 2.24) is 0 Å². The Labute approximate surface area is 206 Å². The number of rotatable bonds is 12. The van der Waals surface area contributed by atoms with Crippen LogP contribution in [0.2, 0.25) is 0 Å². The molecule has 1 fully saturated rings. The Morgan fingerprint density at radius 3 is 2.18 bits per heavy atom. The van der Waals surface area contributed by atoms with Crippen LogP contribution in [-0.2, 0) is 17.6 Å². The molecule has 0 aromatic heterocycles. The molecule has 0 radical (unpaired) electrons. The summed E-state index contributed by atoms with van der Waals surface area (Å²) in [5.41, 5.74) is 4.42. The first-order valence-corrected chi connectivity index (χ1v) is 13.5. The highest BCUT2D eigenvalue weighted by Gasteiger charge is 2.29. The first-order chi connectivity index (χ1) is 16.6.